The van der Waals surface area contributed by atoms with E-state index >= 15 is 0 Å². The highest BCUT2D eigenvalue weighted by molar-refractivity contribution is 5.95. The first-order valence-corrected chi connectivity index (χ1v) is 12.8. The van der Waals surface area contributed by atoms with Crippen LogP contribution in [0.3, 0.4) is 0 Å². The maximum atomic E-state index is 13.3. The number of carboxylic acid groups (broad SMARTS) is 2. The third-order valence-corrected chi connectivity index (χ3v) is 5.98. The average molecular weight is 557 g/mol. The van der Waals surface area contributed by atoms with Gasteiger partial charge in [0.25, 0.3) is 0 Å². The molecule has 4 atom stereocenters. The number of phenols is 1. The minimum absolute atomic E-state index is 0.00811. The van der Waals surface area contributed by atoms with Crippen LogP contribution in [-0.2, 0) is 36.8 Å². The molecule has 0 fully saturated rings. The molecule has 2 aromatic rings. The molecule has 0 aliphatic heterocycles. The summed E-state index contributed by atoms with van der Waals surface area (Å²) in [7, 11) is 0. The fourth-order valence-corrected chi connectivity index (χ4v) is 3.94. The molecule has 12 heteroatoms. The molecule has 4 unspecified atom stereocenters. The zero-order valence-corrected chi connectivity index (χ0v) is 22.4. The van der Waals surface area contributed by atoms with Crippen LogP contribution in [-0.4, -0.2) is 69.1 Å². The molecule has 12 nitrogen and oxygen atoms in total. The van der Waals surface area contributed by atoms with Gasteiger partial charge in [0.1, 0.15) is 23.9 Å². The summed E-state index contributed by atoms with van der Waals surface area (Å²) in [5.41, 5.74) is 7.43. The fraction of sp³-hybridized carbons (Fsp3) is 0.393. The highest BCUT2D eigenvalue weighted by Gasteiger charge is 2.32. The molecule has 0 aromatic heterocycles. The Morgan fingerprint density at radius 2 is 1.25 bits per heavy atom. The van der Waals surface area contributed by atoms with E-state index in [1.54, 1.807) is 38.1 Å². The molecule has 2 rings (SSSR count). The third-order valence-electron chi connectivity index (χ3n) is 5.98. The number of hydrogen-bond donors (Lipinski definition) is 7. The predicted octanol–water partition coefficient (Wildman–Crippen LogP) is 0.565. The van der Waals surface area contributed by atoms with Gasteiger partial charge >= 0.3 is 11.9 Å². The fourth-order valence-electron chi connectivity index (χ4n) is 3.94. The Labute approximate surface area is 232 Å². The number of carbonyl (C=O) groups is 5. The van der Waals surface area contributed by atoms with Crippen molar-refractivity contribution in [1.29, 1.82) is 0 Å². The average Bonchev–Trinajstić information content (AvgIpc) is 2.88. The van der Waals surface area contributed by atoms with Crippen LogP contribution in [0.15, 0.2) is 54.6 Å². The van der Waals surface area contributed by atoms with Gasteiger partial charge in [0, 0.05) is 6.42 Å². The Kier molecular flexibility index (Phi) is 12.1. The van der Waals surface area contributed by atoms with Gasteiger partial charge in [-0.15, -0.1) is 0 Å². The van der Waals surface area contributed by atoms with Crippen molar-refractivity contribution in [3.63, 3.8) is 0 Å². The molecule has 0 spiro atoms. The molecule has 0 aliphatic carbocycles. The van der Waals surface area contributed by atoms with Gasteiger partial charge in [0.2, 0.25) is 17.7 Å². The summed E-state index contributed by atoms with van der Waals surface area (Å²) < 4.78 is 0. The summed E-state index contributed by atoms with van der Waals surface area (Å²) in [5.74, 6) is -5.30. The summed E-state index contributed by atoms with van der Waals surface area (Å²) in [6, 6.07) is 9.70. The van der Waals surface area contributed by atoms with Crippen LogP contribution >= 0.6 is 0 Å². The lowest BCUT2D eigenvalue weighted by molar-refractivity contribution is -0.144. The Morgan fingerprint density at radius 3 is 1.80 bits per heavy atom. The molecule has 0 heterocycles. The van der Waals surface area contributed by atoms with Gasteiger partial charge in [-0.05, 0) is 42.0 Å². The number of carbonyl (C=O) groups excluding carboxylic acids is 3. The molecule has 2 aromatic carbocycles. The molecule has 0 saturated heterocycles. The van der Waals surface area contributed by atoms with E-state index in [0.717, 1.165) is 5.56 Å². The summed E-state index contributed by atoms with van der Waals surface area (Å²) >= 11 is 0. The number of carboxylic acids is 2. The van der Waals surface area contributed by atoms with E-state index in [-0.39, 0.29) is 30.9 Å². The Morgan fingerprint density at radius 1 is 0.725 bits per heavy atom. The minimum Gasteiger partial charge on any atom is -0.508 e. The lowest BCUT2D eigenvalue weighted by Crippen LogP contribution is -2.58. The standard InChI is InChI=1S/C28H36N4O8/c1-16(2)12-23(28(39)40)32-27(38)22(15-24(34)35)31-26(37)21(14-18-8-10-19(33)11-9-18)30-25(36)20(29)13-17-6-4-3-5-7-17/h3-11,16,20-23,33H,12-15,29H2,1-2H3,(H,30,36)(H,31,37)(H,32,38)(H,34,35)(H,39,40). The van der Waals surface area contributed by atoms with Crippen molar-refractivity contribution in [2.45, 2.75) is 63.7 Å². The van der Waals surface area contributed by atoms with Crippen molar-refractivity contribution in [3.05, 3.63) is 65.7 Å². The van der Waals surface area contributed by atoms with Gasteiger partial charge in [-0.25, -0.2) is 4.79 Å². The van der Waals surface area contributed by atoms with Gasteiger partial charge in [0.05, 0.1) is 12.5 Å². The molecular formula is C28H36N4O8. The normalized spacial score (nSPS) is 13.9. The maximum Gasteiger partial charge on any atom is 0.326 e. The predicted molar refractivity (Wildman–Crippen MR) is 145 cm³/mol. The van der Waals surface area contributed by atoms with E-state index in [1.807, 2.05) is 6.07 Å². The van der Waals surface area contributed by atoms with E-state index < -0.39 is 60.2 Å². The van der Waals surface area contributed by atoms with Gasteiger partial charge < -0.3 is 37.0 Å². The van der Waals surface area contributed by atoms with Gasteiger partial charge in [0.15, 0.2) is 0 Å². The van der Waals surface area contributed by atoms with Gasteiger partial charge in [-0.2, -0.15) is 0 Å². The van der Waals surface area contributed by atoms with Crippen LogP contribution in [0.4, 0.5) is 0 Å². The second kappa shape index (κ2) is 15.2. The smallest absolute Gasteiger partial charge is 0.326 e. The van der Waals surface area contributed by atoms with Crippen LogP contribution in [0.25, 0.3) is 0 Å². The van der Waals surface area contributed by atoms with Crippen molar-refractivity contribution < 1.29 is 39.3 Å². The van der Waals surface area contributed by atoms with E-state index in [0.29, 0.717) is 5.56 Å². The van der Waals surface area contributed by atoms with E-state index in [1.165, 1.54) is 24.3 Å². The Hall–Kier alpha value is -4.45. The first-order valence-electron chi connectivity index (χ1n) is 12.8. The molecule has 0 radical (unpaired) electrons. The van der Waals surface area contributed by atoms with Crippen molar-refractivity contribution in [3.8, 4) is 5.75 Å². The van der Waals surface area contributed by atoms with E-state index in [9.17, 15) is 39.3 Å². The molecule has 0 bridgehead atoms. The topological polar surface area (TPSA) is 208 Å². The maximum absolute atomic E-state index is 13.3. The third kappa shape index (κ3) is 10.7. The van der Waals surface area contributed by atoms with Crippen molar-refractivity contribution in [2.75, 3.05) is 0 Å². The van der Waals surface area contributed by atoms with Crippen LogP contribution in [0.5, 0.6) is 5.75 Å². The molecular weight excluding hydrogens is 520 g/mol. The van der Waals surface area contributed by atoms with Crippen LogP contribution < -0.4 is 21.7 Å². The Balaban J connectivity index is 2.24. The largest absolute Gasteiger partial charge is 0.508 e. The van der Waals surface area contributed by atoms with Crippen molar-refractivity contribution in [1.82, 2.24) is 16.0 Å². The quantitative estimate of drug-likeness (QED) is 0.163. The number of amides is 3. The number of aromatic hydroxyl groups is 1. The van der Waals surface area contributed by atoms with E-state index in [4.69, 9.17) is 5.73 Å². The molecule has 216 valence electrons. The summed E-state index contributed by atoms with van der Waals surface area (Å²) in [6.07, 6.45) is -0.605. The highest BCUT2D eigenvalue weighted by atomic mass is 16.4. The number of benzene rings is 2. The first-order chi connectivity index (χ1) is 18.8. The second-order valence-corrected chi connectivity index (χ2v) is 9.92. The second-order valence-electron chi connectivity index (χ2n) is 9.92. The molecule has 8 N–H and O–H groups in total. The van der Waals surface area contributed by atoms with Crippen molar-refractivity contribution in [2.24, 2.45) is 11.7 Å². The van der Waals surface area contributed by atoms with E-state index in [2.05, 4.69) is 16.0 Å². The highest BCUT2D eigenvalue weighted by Crippen LogP contribution is 2.13. The summed E-state index contributed by atoms with van der Waals surface area (Å²) in [4.78, 5) is 62.2. The van der Waals surface area contributed by atoms with Crippen LogP contribution in [0.1, 0.15) is 37.8 Å². The number of rotatable bonds is 15. The van der Waals surface area contributed by atoms with Gasteiger partial charge in [-0.1, -0.05) is 56.3 Å². The SMILES string of the molecule is CC(C)CC(NC(=O)C(CC(=O)O)NC(=O)C(Cc1ccc(O)cc1)NC(=O)C(N)Cc1ccccc1)C(=O)O. The lowest BCUT2D eigenvalue weighted by atomic mass is 10.0. The van der Waals surface area contributed by atoms with Crippen molar-refractivity contribution >= 4 is 29.7 Å². The lowest BCUT2D eigenvalue weighted by Gasteiger charge is -2.25. The number of phenolic OH excluding ortho intramolecular Hbond substituents is 1. The Bertz CT molecular complexity index is 1170. The summed E-state index contributed by atoms with van der Waals surface area (Å²) in [5, 5.41) is 35.6. The number of aliphatic carboxylic acids is 2. The monoisotopic (exact) mass is 556 g/mol. The number of hydrogen-bond acceptors (Lipinski definition) is 7. The zero-order valence-electron chi connectivity index (χ0n) is 22.4. The number of nitrogens with one attached hydrogen (secondary N) is 3. The number of nitrogens with two attached hydrogens (primary N) is 1. The first kappa shape index (κ1) is 31.8. The van der Waals surface area contributed by atoms with Crippen LogP contribution in [0.2, 0.25) is 0 Å². The van der Waals surface area contributed by atoms with Gasteiger partial charge in [-0.3, -0.25) is 19.2 Å². The molecule has 40 heavy (non-hydrogen) atoms. The zero-order chi connectivity index (χ0) is 29.8. The molecule has 0 aliphatic rings. The van der Waals surface area contributed by atoms with Crippen LogP contribution in [0, 0.1) is 5.92 Å². The minimum atomic E-state index is -1.61. The molecule has 0 saturated carbocycles. The molecule has 3 amide bonds. The summed E-state index contributed by atoms with van der Waals surface area (Å²) in [6.45, 7) is 3.52.